The Kier molecular flexibility index (Phi) is 5.02. The highest BCUT2D eigenvalue weighted by atomic mass is 19.1. The molecule has 0 bridgehead atoms. The van der Waals surface area contributed by atoms with Crippen molar-refractivity contribution in [3.8, 4) is 0 Å². The Morgan fingerprint density at radius 3 is 2.29 bits per heavy atom. The number of nitrogens with one attached hydrogen (secondary N) is 1. The standard InChI is InChI=1S/C18H26FNO/c1-13(2)5-6-14(3)20-17(21)18(11-4-12-18)15-7-9-16(19)10-8-15/h7-10,13-14H,4-6,11-12H2,1-3H3,(H,20,21). The molecule has 0 spiro atoms. The van der Waals surface area contributed by atoms with E-state index in [0.717, 1.165) is 37.7 Å². The van der Waals surface area contributed by atoms with Gasteiger partial charge in [-0.3, -0.25) is 4.79 Å². The van der Waals surface area contributed by atoms with Crippen LogP contribution in [0.4, 0.5) is 4.39 Å². The largest absolute Gasteiger partial charge is 0.353 e. The summed E-state index contributed by atoms with van der Waals surface area (Å²) >= 11 is 0. The first-order valence-corrected chi connectivity index (χ1v) is 8.01. The van der Waals surface area contributed by atoms with Crippen molar-refractivity contribution < 1.29 is 9.18 Å². The monoisotopic (exact) mass is 291 g/mol. The van der Waals surface area contributed by atoms with Crippen LogP contribution in [-0.2, 0) is 10.2 Å². The molecule has 0 saturated heterocycles. The average Bonchev–Trinajstić information content (AvgIpc) is 2.37. The molecule has 0 radical (unpaired) electrons. The lowest BCUT2D eigenvalue weighted by atomic mass is 9.63. The third-order valence-corrected chi connectivity index (χ3v) is 4.59. The Morgan fingerprint density at radius 2 is 1.81 bits per heavy atom. The Hall–Kier alpha value is -1.38. The summed E-state index contributed by atoms with van der Waals surface area (Å²) in [5, 5.41) is 3.16. The van der Waals surface area contributed by atoms with E-state index in [9.17, 15) is 9.18 Å². The van der Waals surface area contributed by atoms with E-state index in [0.29, 0.717) is 5.92 Å². The SMILES string of the molecule is CC(C)CCC(C)NC(=O)C1(c2ccc(F)cc2)CCC1. The Bertz CT molecular complexity index is 476. The summed E-state index contributed by atoms with van der Waals surface area (Å²) in [5.41, 5.74) is 0.517. The summed E-state index contributed by atoms with van der Waals surface area (Å²) < 4.78 is 13.1. The van der Waals surface area contributed by atoms with Gasteiger partial charge in [-0.05, 0) is 56.2 Å². The van der Waals surface area contributed by atoms with E-state index >= 15 is 0 Å². The highest BCUT2D eigenvalue weighted by Crippen LogP contribution is 2.44. The number of hydrogen-bond donors (Lipinski definition) is 1. The quantitative estimate of drug-likeness (QED) is 0.836. The van der Waals surface area contributed by atoms with Crippen LogP contribution >= 0.6 is 0 Å². The van der Waals surface area contributed by atoms with Gasteiger partial charge in [0.05, 0.1) is 5.41 Å². The molecule has 1 aromatic carbocycles. The predicted octanol–water partition coefficient (Wildman–Crippen LogP) is 4.19. The minimum Gasteiger partial charge on any atom is -0.353 e. The highest BCUT2D eigenvalue weighted by molar-refractivity contribution is 5.89. The topological polar surface area (TPSA) is 29.1 Å². The fourth-order valence-electron chi connectivity index (χ4n) is 2.96. The van der Waals surface area contributed by atoms with E-state index in [2.05, 4.69) is 26.1 Å². The van der Waals surface area contributed by atoms with Crippen LogP contribution in [0.5, 0.6) is 0 Å². The van der Waals surface area contributed by atoms with Crippen LogP contribution in [0.1, 0.15) is 58.4 Å². The molecule has 3 heteroatoms. The van der Waals surface area contributed by atoms with E-state index in [-0.39, 0.29) is 17.8 Å². The van der Waals surface area contributed by atoms with Crippen molar-refractivity contribution in [3.63, 3.8) is 0 Å². The van der Waals surface area contributed by atoms with Gasteiger partial charge in [0, 0.05) is 6.04 Å². The molecule has 2 rings (SSSR count). The van der Waals surface area contributed by atoms with Crippen molar-refractivity contribution in [2.24, 2.45) is 5.92 Å². The van der Waals surface area contributed by atoms with Gasteiger partial charge in [-0.25, -0.2) is 4.39 Å². The van der Waals surface area contributed by atoms with Gasteiger partial charge < -0.3 is 5.32 Å². The zero-order chi connectivity index (χ0) is 15.5. The lowest BCUT2D eigenvalue weighted by Crippen LogP contribution is -2.51. The van der Waals surface area contributed by atoms with E-state index in [4.69, 9.17) is 0 Å². The molecular formula is C18H26FNO. The van der Waals surface area contributed by atoms with Gasteiger partial charge in [0.2, 0.25) is 5.91 Å². The summed E-state index contributed by atoms with van der Waals surface area (Å²) in [5.74, 6) is 0.509. The van der Waals surface area contributed by atoms with Crippen LogP contribution in [0.15, 0.2) is 24.3 Å². The molecule has 1 N–H and O–H groups in total. The number of amides is 1. The summed E-state index contributed by atoms with van der Waals surface area (Å²) in [7, 11) is 0. The molecule has 0 aromatic heterocycles. The zero-order valence-electron chi connectivity index (χ0n) is 13.3. The molecule has 1 atom stereocenters. The molecule has 1 aromatic rings. The molecule has 1 aliphatic rings. The van der Waals surface area contributed by atoms with Gasteiger partial charge in [-0.2, -0.15) is 0 Å². The van der Waals surface area contributed by atoms with Crippen molar-refractivity contribution >= 4 is 5.91 Å². The number of halogens is 1. The predicted molar refractivity (Wildman–Crippen MR) is 83.6 cm³/mol. The molecule has 0 heterocycles. The fraction of sp³-hybridized carbons (Fsp3) is 0.611. The molecule has 21 heavy (non-hydrogen) atoms. The maximum atomic E-state index is 13.1. The Labute approximate surface area is 127 Å². The first-order chi connectivity index (χ1) is 9.94. The van der Waals surface area contributed by atoms with Crippen molar-refractivity contribution in [1.29, 1.82) is 0 Å². The molecule has 1 saturated carbocycles. The zero-order valence-corrected chi connectivity index (χ0v) is 13.3. The first-order valence-electron chi connectivity index (χ1n) is 8.01. The molecule has 1 aliphatic carbocycles. The third kappa shape index (κ3) is 3.63. The van der Waals surface area contributed by atoms with E-state index in [1.807, 2.05) is 0 Å². The molecule has 1 unspecified atom stereocenters. The van der Waals surface area contributed by atoms with Crippen LogP contribution in [0.3, 0.4) is 0 Å². The van der Waals surface area contributed by atoms with Crippen molar-refractivity contribution in [2.45, 2.75) is 64.3 Å². The minimum atomic E-state index is -0.431. The van der Waals surface area contributed by atoms with Gasteiger partial charge in [-0.15, -0.1) is 0 Å². The summed E-state index contributed by atoms with van der Waals surface area (Å²) in [6.07, 6.45) is 4.90. The first kappa shape index (κ1) is 16.0. The van der Waals surface area contributed by atoms with Gasteiger partial charge in [-0.1, -0.05) is 32.4 Å². The Balaban J connectivity index is 2.03. The van der Waals surface area contributed by atoms with E-state index in [1.54, 1.807) is 12.1 Å². The second-order valence-electron chi connectivity index (χ2n) is 6.79. The minimum absolute atomic E-state index is 0.108. The summed E-state index contributed by atoms with van der Waals surface area (Å²) in [6, 6.07) is 6.60. The van der Waals surface area contributed by atoms with Gasteiger partial charge in [0.25, 0.3) is 0 Å². The van der Waals surface area contributed by atoms with Crippen LogP contribution < -0.4 is 5.32 Å². The lowest BCUT2D eigenvalue weighted by molar-refractivity contribution is -0.130. The molecule has 1 amide bonds. The van der Waals surface area contributed by atoms with Crippen LogP contribution in [0, 0.1) is 11.7 Å². The molecule has 116 valence electrons. The molecular weight excluding hydrogens is 265 g/mol. The lowest BCUT2D eigenvalue weighted by Gasteiger charge is -2.41. The third-order valence-electron chi connectivity index (χ3n) is 4.59. The van der Waals surface area contributed by atoms with Crippen LogP contribution in [-0.4, -0.2) is 11.9 Å². The van der Waals surface area contributed by atoms with Crippen molar-refractivity contribution in [2.75, 3.05) is 0 Å². The van der Waals surface area contributed by atoms with Gasteiger partial charge >= 0.3 is 0 Å². The number of hydrogen-bond acceptors (Lipinski definition) is 1. The summed E-state index contributed by atoms with van der Waals surface area (Å²) in [4.78, 5) is 12.7. The number of rotatable bonds is 6. The van der Waals surface area contributed by atoms with Gasteiger partial charge in [0.1, 0.15) is 5.82 Å². The number of carbonyl (C=O) groups is 1. The maximum Gasteiger partial charge on any atom is 0.230 e. The van der Waals surface area contributed by atoms with Gasteiger partial charge in [0.15, 0.2) is 0 Å². The average molecular weight is 291 g/mol. The molecule has 1 fully saturated rings. The van der Waals surface area contributed by atoms with E-state index in [1.165, 1.54) is 12.1 Å². The second-order valence-corrected chi connectivity index (χ2v) is 6.79. The normalized spacial score (nSPS) is 18.1. The van der Waals surface area contributed by atoms with Crippen LogP contribution in [0.2, 0.25) is 0 Å². The van der Waals surface area contributed by atoms with E-state index < -0.39 is 5.41 Å². The fourth-order valence-corrected chi connectivity index (χ4v) is 2.96. The second kappa shape index (κ2) is 6.59. The molecule has 0 aliphatic heterocycles. The smallest absolute Gasteiger partial charge is 0.230 e. The van der Waals surface area contributed by atoms with Crippen LogP contribution in [0.25, 0.3) is 0 Å². The molecule has 2 nitrogen and oxygen atoms in total. The highest BCUT2D eigenvalue weighted by Gasteiger charge is 2.45. The number of carbonyl (C=O) groups excluding carboxylic acids is 1. The van der Waals surface area contributed by atoms with Crippen molar-refractivity contribution in [1.82, 2.24) is 5.32 Å². The Morgan fingerprint density at radius 1 is 1.19 bits per heavy atom. The maximum absolute atomic E-state index is 13.1. The summed E-state index contributed by atoms with van der Waals surface area (Å²) in [6.45, 7) is 6.46. The number of benzene rings is 1. The van der Waals surface area contributed by atoms with Crippen molar-refractivity contribution in [3.05, 3.63) is 35.6 Å².